The molecule has 166 valence electrons. The summed E-state index contributed by atoms with van der Waals surface area (Å²) in [6.45, 7) is 9.63. The van der Waals surface area contributed by atoms with Crippen LogP contribution in [0.1, 0.15) is 49.3 Å². The molecule has 1 aliphatic heterocycles. The molecule has 0 bridgehead atoms. The average molecular weight is 543 g/mol. The summed E-state index contributed by atoms with van der Waals surface area (Å²) in [7, 11) is 0. The number of aliphatic hydroxyl groups is 1. The zero-order chi connectivity index (χ0) is 20.5. The van der Waals surface area contributed by atoms with Gasteiger partial charge >= 0.3 is 0 Å². The molecule has 2 heterocycles. The minimum Gasteiger partial charge on any atom is -0.393 e. The molecule has 0 radical (unpaired) electrons. The highest BCUT2D eigenvalue weighted by Gasteiger charge is 2.16. The number of piperidine rings is 1. The summed E-state index contributed by atoms with van der Waals surface area (Å²) in [5, 5.41) is 20.8. The van der Waals surface area contributed by atoms with E-state index in [1.165, 1.54) is 16.7 Å². The third kappa shape index (κ3) is 8.17. The van der Waals surface area contributed by atoms with Crippen molar-refractivity contribution in [2.45, 2.75) is 51.8 Å². The molecule has 1 aromatic heterocycles. The van der Waals surface area contributed by atoms with Crippen LogP contribution in [0.4, 0.5) is 0 Å². The summed E-state index contributed by atoms with van der Waals surface area (Å²) < 4.78 is 0. The Labute approximate surface area is 202 Å². The van der Waals surface area contributed by atoms with E-state index in [9.17, 15) is 5.11 Å². The molecule has 7 heteroatoms. The zero-order valence-electron chi connectivity index (χ0n) is 18.0. The van der Waals surface area contributed by atoms with Gasteiger partial charge in [0.25, 0.3) is 0 Å². The number of nitrogens with one attached hydrogen (secondary N) is 2. The Kier molecular flexibility index (Phi) is 11.1. The molecule has 1 fully saturated rings. The van der Waals surface area contributed by atoms with Crippen LogP contribution in [0.2, 0.25) is 0 Å². The SMILES string of the molecule is CCNC(=NCc1ccc(CN2CCC(O)CC2)cc1)NCC(C)c1ccsc1.I. The Hall–Kier alpha value is -1.16. The fourth-order valence-electron chi connectivity index (χ4n) is 3.52. The van der Waals surface area contributed by atoms with Crippen LogP contribution >= 0.6 is 35.3 Å². The first-order valence-corrected chi connectivity index (χ1v) is 11.6. The Morgan fingerprint density at radius 2 is 1.87 bits per heavy atom. The number of likely N-dealkylation sites (tertiary alicyclic amines) is 1. The summed E-state index contributed by atoms with van der Waals surface area (Å²) in [6.07, 6.45) is 1.66. The summed E-state index contributed by atoms with van der Waals surface area (Å²) in [5.41, 5.74) is 3.91. The van der Waals surface area contributed by atoms with Crippen molar-refractivity contribution < 1.29 is 5.11 Å². The lowest BCUT2D eigenvalue weighted by molar-refractivity contribution is 0.0792. The van der Waals surface area contributed by atoms with Gasteiger partial charge in [-0.1, -0.05) is 31.2 Å². The molecule has 0 saturated carbocycles. The van der Waals surface area contributed by atoms with Gasteiger partial charge in [0, 0.05) is 32.7 Å². The van der Waals surface area contributed by atoms with Crippen molar-refractivity contribution in [2.24, 2.45) is 4.99 Å². The molecule has 0 spiro atoms. The third-order valence-electron chi connectivity index (χ3n) is 5.44. The third-order valence-corrected chi connectivity index (χ3v) is 6.14. The van der Waals surface area contributed by atoms with E-state index >= 15 is 0 Å². The van der Waals surface area contributed by atoms with Crippen molar-refractivity contribution in [1.29, 1.82) is 0 Å². The van der Waals surface area contributed by atoms with Gasteiger partial charge in [0.05, 0.1) is 12.6 Å². The van der Waals surface area contributed by atoms with Gasteiger partial charge in [0.2, 0.25) is 0 Å². The van der Waals surface area contributed by atoms with Crippen LogP contribution in [0.25, 0.3) is 0 Å². The highest BCUT2D eigenvalue weighted by Crippen LogP contribution is 2.17. The van der Waals surface area contributed by atoms with E-state index < -0.39 is 0 Å². The molecular formula is C23H35IN4OS. The lowest BCUT2D eigenvalue weighted by Gasteiger charge is -2.29. The number of nitrogens with zero attached hydrogens (tertiary/aromatic N) is 2. The van der Waals surface area contributed by atoms with Crippen LogP contribution < -0.4 is 10.6 Å². The number of guanidine groups is 1. The van der Waals surface area contributed by atoms with Crippen molar-refractivity contribution in [2.75, 3.05) is 26.2 Å². The number of aliphatic hydroxyl groups excluding tert-OH is 1. The maximum atomic E-state index is 9.64. The van der Waals surface area contributed by atoms with Crippen molar-refractivity contribution in [1.82, 2.24) is 15.5 Å². The number of rotatable bonds is 8. The van der Waals surface area contributed by atoms with Crippen molar-refractivity contribution in [3.63, 3.8) is 0 Å². The van der Waals surface area contributed by atoms with Gasteiger partial charge in [0.15, 0.2) is 5.96 Å². The van der Waals surface area contributed by atoms with Gasteiger partial charge in [-0.2, -0.15) is 11.3 Å². The second-order valence-electron chi connectivity index (χ2n) is 7.86. The molecule has 1 aliphatic rings. The Morgan fingerprint density at radius 1 is 1.17 bits per heavy atom. The van der Waals surface area contributed by atoms with Gasteiger partial charge in [-0.3, -0.25) is 4.90 Å². The zero-order valence-corrected chi connectivity index (χ0v) is 21.2. The first-order valence-electron chi connectivity index (χ1n) is 10.7. The number of aliphatic imine (C=N–C) groups is 1. The summed E-state index contributed by atoms with van der Waals surface area (Å²) >= 11 is 1.74. The normalized spacial score (nSPS) is 16.7. The van der Waals surface area contributed by atoms with Crippen LogP contribution in [0.15, 0.2) is 46.1 Å². The Balaban J connectivity index is 0.00000320. The van der Waals surface area contributed by atoms with E-state index in [2.05, 4.69) is 70.5 Å². The number of halogens is 1. The maximum absolute atomic E-state index is 9.64. The van der Waals surface area contributed by atoms with Crippen LogP contribution in [0.3, 0.4) is 0 Å². The highest BCUT2D eigenvalue weighted by atomic mass is 127. The van der Waals surface area contributed by atoms with Crippen molar-refractivity contribution >= 4 is 41.3 Å². The lowest BCUT2D eigenvalue weighted by atomic mass is 10.1. The molecule has 1 unspecified atom stereocenters. The fourth-order valence-corrected chi connectivity index (χ4v) is 4.30. The van der Waals surface area contributed by atoms with Crippen LogP contribution in [-0.2, 0) is 13.1 Å². The standard InChI is InChI=1S/C23H34N4OS.HI/c1-3-24-23(25-14-18(2)21-10-13-29-17-21)26-15-19-4-6-20(7-5-19)16-27-11-8-22(28)9-12-27;/h4-7,10,13,17-18,22,28H,3,8-9,11-12,14-16H2,1-2H3,(H2,24,25,26);1H. The van der Waals surface area contributed by atoms with Crippen LogP contribution in [0.5, 0.6) is 0 Å². The molecular weight excluding hydrogens is 507 g/mol. The van der Waals surface area contributed by atoms with E-state index in [1.807, 2.05) is 0 Å². The first kappa shape index (κ1) is 25.1. The topological polar surface area (TPSA) is 59.9 Å². The van der Waals surface area contributed by atoms with E-state index in [1.54, 1.807) is 11.3 Å². The molecule has 1 saturated heterocycles. The molecule has 0 aliphatic carbocycles. The molecule has 0 amide bonds. The second-order valence-corrected chi connectivity index (χ2v) is 8.64. The largest absolute Gasteiger partial charge is 0.393 e. The molecule has 1 atom stereocenters. The predicted octanol–water partition coefficient (Wildman–Crippen LogP) is 4.18. The molecule has 3 N–H and O–H groups in total. The highest BCUT2D eigenvalue weighted by molar-refractivity contribution is 14.0. The molecule has 1 aromatic carbocycles. The Bertz CT molecular complexity index is 743. The maximum Gasteiger partial charge on any atom is 0.191 e. The van der Waals surface area contributed by atoms with Gasteiger partial charge in [-0.25, -0.2) is 4.99 Å². The van der Waals surface area contributed by atoms with Gasteiger partial charge in [-0.15, -0.1) is 24.0 Å². The summed E-state index contributed by atoms with van der Waals surface area (Å²) in [5.74, 6) is 1.32. The first-order chi connectivity index (χ1) is 14.1. The van der Waals surface area contributed by atoms with Gasteiger partial charge < -0.3 is 15.7 Å². The van der Waals surface area contributed by atoms with E-state index in [4.69, 9.17) is 4.99 Å². The number of benzene rings is 1. The van der Waals surface area contributed by atoms with E-state index in [0.29, 0.717) is 12.5 Å². The molecule has 2 aromatic rings. The van der Waals surface area contributed by atoms with E-state index in [-0.39, 0.29) is 30.1 Å². The smallest absolute Gasteiger partial charge is 0.191 e. The summed E-state index contributed by atoms with van der Waals surface area (Å²) in [6, 6.07) is 10.9. The number of hydrogen-bond acceptors (Lipinski definition) is 4. The fraction of sp³-hybridized carbons (Fsp3) is 0.522. The molecule has 3 rings (SSSR count). The van der Waals surface area contributed by atoms with Crippen LogP contribution in [0, 0.1) is 0 Å². The monoisotopic (exact) mass is 542 g/mol. The van der Waals surface area contributed by atoms with Gasteiger partial charge in [-0.05, 0) is 59.2 Å². The molecule has 30 heavy (non-hydrogen) atoms. The van der Waals surface area contributed by atoms with E-state index in [0.717, 1.165) is 51.5 Å². The minimum absolute atomic E-state index is 0. The Morgan fingerprint density at radius 3 is 2.50 bits per heavy atom. The van der Waals surface area contributed by atoms with Crippen molar-refractivity contribution in [3.8, 4) is 0 Å². The minimum atomic E-state index is -0.112. The summed E-state index contributed by atoms with van der Waals surface area (Å²) in [4.78, 5) is 7.17. The number of hydrogen-bond donors (Lipinski definition) is 3. The van der Waals surface area contributed by atoms with Crippen LogP contribution in [-0.4, -0.2) is 48.2 Å². The molecule has 5 nitrogen and oxygen atoms in total. The quantitative estimate of drug-likeness (QED) is 0.266. The van der Waals surface area contributed by atoms with Gasteiger partial charge in [0.1, 0.15) is 0 Å². The lowest BCUT2D eigenvalue weighted by Crippen LogP contribution is -2.39. The number of thiophene rings is 1. The van der Waals surface area contributed by atoms with Crippen molar-refractivity contribution in [3.05, 3.63) is 57.8 Å². The predicted molar refractivity (Wildman–Crippen MR) is 138 cm³/mol. The second kappa shape index (κ2) is 13.3. The average Bonchev–Trinajstić information content (AvgIpc) is 3.28.